The van der Waals surface area contributed by atoms with Crippen molar-refractivity contribution in [2.45, 2.75) is 13.0 Å². The van der Waals surface area contributed by atoms with E-state index in [2.05, 4.69) is 21.2 Å². The highest BCUT2D eigenvalue weighted by Gasteiger charge is 2.26. The second-order valence-corrected chi connectivity index (χ2v) is 7.70. The highest BCUT2D eigenvalue weighted by Crippen LogP contribution is 2.35. The summed E-state index contributed by atoms with van der Waals surface area (Å²) in [5.41, 5.74) is 3.23. The number of benzene rings is 3. The van der Waals surface area contributed by atoms with Gasteiger partial charge >= 0.3 is 0 Å². The lowest BCUT2D eigenvalue weighted by Crippen LogP contribution is -2.38. The highest BCUT2D eigenvalue weighted by molar-refractivity contribution is 9.10. The Labute approximate surface area is 177 Å². The number of hydrogen-bond donors (Lipinski definition) is 1. The van der Waals surface area contributed by atoms with Crippen molar-refractivity contribution in [1.82, 2.24) is 0 Å². The Hall–Kier alpha value is -3.12. The van der Waals surface area contributed by atoms with Crippen LogP contribution in [0.15, 0.2) is 77.3 Å². The van der Waals surface area contributed by atoms with Crippen LogP contribution >= 0.6 is 15.9 Å². The molecule has 1 aliphatic rings. The number of ether oxygens (including phenoxy) is 1. The average molecular weight is 451 g/mol. The van der Waals surface area contributed by atoms with Gasteiger partial charge in [-0.1, -0.05) is 58.4 Å². The van der Waals surface area contributed by atoms with Gasteiger partial charge in [0.25, 0.3) is 5.91 Å². The van der Waals surface area contributed by atoms with Crippen LogP contribution in [0.3, 0.4) is 0 Å². The number of rotatable bonds is 5. The predicted octanol–water partition coefficient (Wildman–Crippen LogP) is 4.56. The molecule has 4 rings (SSSR count). The molecule has 3 aromatic rings. The SMILES string of the molecule is O=C(Cc1ccccc1)Nc1ccc2c(c1)N(Cc1ccc(Br)cc1)C(=O)CO2. The number of halogens is 1. The molecular formula is C23H19BrN2O3. The minimum Gasteiger partial charge on any atom is -0.482 e. The zero-order valence-corrected chi connectivity index (χ0v) is 17.2. The first-order valence-corrected chi connectivity index (χ1v) is 10.0. The number of carbonyl (C=O) groups excluding carboxylic acids is 2. The van der Waals surface area contributed by atoms with Crippen molar-refractivity contribution < 1.29 is 14.3 Å². The van der Waals surface area contributed by atoms with E-state index in [1.807, 2.05) is 54.6 Å². The van der Waals surface area contributed by atoms with Crippen LogP contribution in [0.2, 0.25) is 0 Å². The monoisotopic (exact) mass is 450 g/mol. The number of carbonyl (C=O) groups is 2. The third-order valence-electron chi connectivity index (χ3n) is 4.65. The van der Waals surface area contributed by atoms with Crippen LogP contribution in [0.5, 0.6) is 5.75 Å². The molecular weight excluding hydrogens is 432 g/mol. The molecule has 0 atom stereocenters. The molecule has 6 heteroatoms. The Morgan fingerprint density at radius 1 is 1.00 bits per heavy atom. The van der Waals surface area contributed by atoms with Gasteiger partial charge in [-0.05, 0) is 41.5 Å². The molecule has 0 bridgehead atoms. The van der Waals surface area contributed by atoms with Crippen LogP contribution in [0.4, 0.5) is 11.4 Å². The maximum absolute atomic E-state index is 12.5. The maximum Gasteiger partial charge on any atom is 0.265 e. The van der Waals surface area contributed by atoms with Gasteiger partial charge in [-0.3, -0.25) is 9.59 Å². The van der Waals surface area contributed by atoms with Gasteiger partial charge in [-0.25, -0.2) is 0 Å². The summed E-state index contributed by atoms with van der Waals surface area (Å²) < 4.78 is 6.55. The standard InChI is InChI=1S/C23H19BrN2O3/c24-18-8-6-17(7-9-18)14-26-20-13-19(10-11-21(20)29-15-23(26)28)25-22(27)12-16-4-2-1-3-5-16/h1-11,13H,12,14-15H2,(H,25,27). The van der Waals surface area contributed by atoms with Crippen molar-refractivity contribution in [3.05, 3.63) is 88.4 Å². The Balaban J connectivity index is 1.53. The van der Waals surface area contributed by atoms with Gasteiger partial charge in [0.05, 0.1) is 18.7 Å². The Bertz CT molecular complexity index is 1040. The number of nitrogens with zero attached hydrogens (tertiary/aromatic N) is 1. The molecule has 0 saturated heterocycles. The van der Waals surface area contributed by atoms with Gasteiger partial charge in [-0.15, -0.1) is 0 Å². The summed E-state index contributed by atoms with van der Waals surface area (Å²) in [4.78, 5) is 26.6. The molecule has 0 fully saturated rings. The van der Waals surface area contributed by atoms with E-state index in [1.54, 1.807) is 23.1 Å². The Kier molecular flexibility index (Phi) is 5.62. The summed E-state index contributed by atoms with van der Waals surface area (Å²) in [6.07, 6.45) is 0.288. The normalized spacial score (nSPS) is 12.9. The van der Waals surface area contributed by atoms with E-state index in [0.717, 1.165) is 15.6 Å². The molecule has 5 nitrogen and oxygen atoms in total. The smallest absolute Gasteiger partial charge is 0.265 e. The Morgan fingerprint density at radius 3 is 2.52 bits per heavy atom. The Morgan fingerprint density at radius 2 is 1.76 bits per heavy atom. The van der Waals surface area contributed by atoms with Gasteiger partial charge in [0, 0.05) is 10.2 Å². The number of hydrogen-bond acceptors (Lipinski definition) is 3. The topological polar surface area (TPSA) is 58.6 Å². The van der Waals surface area contributed by atoms with Gasteiger partial charge in [-0.2, -0.15) is 0 Å². The lowest BCUT2D eigenvalue weighted by atomic mass is 10.1. The molecule has 0 radical (unpaired) electrons. The summed E-state index contributed by atoms with van der Waals surface area (Å²) in [5, 5.41) is 2.91. The lowest BCUT2D eigenvalue weighted by Gasteiger charge is -2.30. The lowest BCUT2D eigenvalue weighted by molar-refractivity contribution is -0.121. The van der Waals surface area contributed by atoms with E-state index in [4.69, 9.17) is 4.74 Å². The summed E-state index contributed by atoms with van der Waals surface area (Å²) in [6, 6.07) is 22.8. The van der Waals surface area contributed by atoms with E-state index >= 15 is 0 Å². The van der Waals surface area contributed by atoms with Crippen LogP contribution in [-0.4, -0.2) is 18.4 Å². The molecule has 1 heterocycles. The van der Waals surface area contributed by atoms with Crippen molar-refractivity contribution in [3.63, 3.8) is 0 Å². The van der Waals surface area contributed by atoms with Gasteiger partial charge in [0.2, 0.25) is 5.91 Å². The van der Waals surface area contributed by atoms with E-state index in [-0.39, 0.29) is 24.8 Å². The fourth-order valence-electron chi connectivity index (χ4n) is 3.21. The predicted molar refractivity (Wildman–Crippen MR) is 116 cm³/mol. The maximum atomic E-state index is 12.5. The first-order valence-electron chi connectivity index (χ1n) is 9.24. The van der Waals surface area contributed by atoms with Crippen LogP contribution in [0, 0.1) is 0 Å². The van der Waals surface area contributed by atoms with E-state index in [0.29, 0.717) is 23.7 Å². The summed E-state index contributed by atoms with van der Waals surface area (Å²) in [5.74, 6) is 0.398. The molecule has 0 aliphatic carbocycles. The van der Waals surface area contributed by atoms with E-state index in [9.17, 15) is 9.59 Å². The second kappa shape index (κ2) is 8.49. The number of amides is 2. The molecule has 2 amide bonds. The minimum absolute atomic E-state index is 0.00322. The average Bonchev–Trinajstić information content (AvgIpc) is 2.72. The van der Waals surface area contributed by atoms with Crippen molar-refractivity contribution in [1.29, 1.82) is 0 Å². The third kappa shape index (κ3) is 4.66. The quantitative estimate of drug-likeness (QED) is 0.619. The fourth-order valence-corrected chi connectivity index (χ4v) is 3.48. The largest absolute Gasteiger partial charge is 0.482 e. The molecule has 146 valence electrons. The molecule has 0 unspecified atom stereocenters. The molecule has 3 aromatic carbocycles. The van der Waals surface area contributed by atoms with Crippen molar-refractivity contribution in [2.75, 3.05) is 16.8 Å². The first kappa shape index (κ1) is 19.2. The van der Waals surface area contributed by atoms with E-state index < -0.39 is 0 Å². The van der Waals surface area contributed by atoms with Crippen LogP contribution in [0.25, 0.3) is 0 Å². The van der Waals surface area contributed by atoms with Crippen molar-refractivity contribution >= 4 is 39.1 Å². The first-order chi connectivity index (χ1) is 14.1. The second-order valence-electron chi connectivity index (χ2n) is 6.79. The van der Waals surface area contributed by atoms with Gasteiger partial charge in [0.15, 0.2) is 6.61 Å². The van der Waals surface area contributed by atoms with Gasteiger partial charge < -0.3 is 15.0 Å². The third-order valence-corrected chi connectivity index (χ3v) is 5.18. The summed E-state index contributed by atoms with van der Waals surface area (Å²) >= 11 is 3.42. The van der Waals surface area contributed by atoms with Crippen molar-refractivity contribution in [2.24, 2.45) is 0 Å². The number of nitrogens with one attached hydrogen (secondary N) is 1. The zero-order chi connectivity index (χ0) is 20.2. The summed E-state index contributed by atoms with van der Waals surface area (Å²) in [6.45, 7) is 0.438. The van der Waals surface area contributed by atoms with Crippen LogP contribution < -0.4 is 15.0 Å². The van der Waals surface area contributed by atoms with E-state index in [1.165, 1.54) is 0 Å². The molecule has 29 heavy (non-hydrogen) atoms. The molecule has 1 N–H and O–H groups in total. The zero-order valence-electron chi connectivity index (χ0n) is 15.6. The van der Waals surface area contributed by atoms with Crippen molar-refractivity contribution in [3.8, 4) is 5.75 Å². The number of fused-ring (bicyclic) bond motifs is 1. The summed E-state index contributed by atoms with van der Waals surface area (Å²) in [7, 11) is 0. The number of anilines is 2. The molecule has 1 aliphatic heterocycles. The minimum atomic E-state index is -0.117. The molecule has 0 aromatic heterocycles. The van der Waals surface area contributed by atoms with Crippen LogP contribution in [0.1, 0.15) is 11.1 Å². The highest BCUT2D eigenvalue weighted by atomic mass is 79.9. The fraction of sp³-hybridized carbons (Fsp3) is 0.130. The van der Waals surface area contributed by atoms with Gasteiger partial charge in [0.1, 0.15) is 5.75 Å². The molecule has 0 saturated carbocycles. The molecule has 0 spiro atoms. The van der Waals surface area contributed by atoms with Crippen LogP contribution in [-0.2, 0) is 22.6 Å².